The second-order valence-corrected chi connectivity index (χ2v) is 6.91. The summed E-state index contributed by atoms with van der Waals surface area (Å²) in [6, 6.07) is 3.87. The molecule has 1 aromatic carbocycles. The Labute approximate surface area is 126 Å². The molecule has 116 valence electrons. The van der Waals surface area contributed by atoms with Gasteiger partial charge in [-0.25, -0.2) is 12.8 Å². The van der Waals surface area contributed by atoms with Gasteiger partial charge in [0.15, 0.2) is 0 Å². The maximum absolute atomic E-state index is 14.1. The van der Waals surface area contributed by atoms with Crippen molar-refractivity contribution in [2.24, 2.45) is 11.7 Å². The summed E-state index contributed by atoms with van der Waals surface area (Å²) in [4.78, 5) is -0.316. The van der Waals surface area contributed by atoms with Gasteiger partial charge in [-0.2, -0.15) is 4.31 Å². The Morgan fingerprint density at radius 2 is 2.05 bits per heavy atom. The van der Waals surface area contributed by atoms with E-state index >= 15 is 0 Å². The zero-order valence-electron chi connectivity index (χ0n) is 12.6. The highest BCUT2D eigenvalue weighted by Gasteiger charge is 2.26. The van der Waals surface area contributed by atoms with Gasteiger partial charge in [-0.1, -0.05) is 32.6 Å². The Balaban J connectivity index is 3.19. The fraction of sp³-hybridized carbons (Fsp3) is 0.467. The third-order valence-corrected chi connectivity index (χ3v) is 4.78. The number of hydrogen-bond acceptors (Lipinski definition) is 3. The molecule has 0 saturated carbocycles. The van der Waals surface area contributed by atoms with Gasteiger partial charge in [0.05, 0.1) is 6.54 Å². The Hall–Kier alpha value is -1.42. The van der Waals surface area contributed by atoms with Crippen molar-refractivity contribution < 1.29 is 12.8 Å². The van der Waals surface area contributed by atoms with Crippen LogP contribution in [0.2, 0.25) is 0 Å². The Kier molecular flexibility index (Phi) is 6.34. The first-order valence-corrected chi connectivity index (χ1v) is 8.25. The van der Waals surface area contributed by atoms with Gasteiger partial charge in [0.25, 0.3) is 0 Å². The van der Waals surface area contributed by atoms with Gasteiger partial charge in [-0.3, -0.25) is 0 Å². The topological polar surface area (TPSA) is 63.4 Å². The van der Waals surface area contributed by atoms with E-state index in [9.17, 15) is 12.8 Å². The highest BCUT2D eigenvalue weighted by Crippen LogP contribution is 2.21. The molecule has 0 aliphatic heterocycles. The van der Waals surface area contributed by atoms with Gasteiger partial charge in [-0.05, 0) is 24.1 Å². The van der Waals surface area contributed by atoms with Crippen LogP contribution in [0, 0.1) is 23.6 Å². The molecule has 0 radical (unpaired) electrons. The normalized spacial score (nSPS) is 11.6. The molecule has 2 N–H and O–H groups in total. The SMILES string of the molecule is CCN(CC(C)C)S(=O)(=O)c1ccc(C#CCN)cc1F. The van der Waals surface area contributed by atoms with E-state index in [0.29, 0.717) is 18.7 Å². The van der Waals surface area contributed by atoms with Crippen molar-refractivity contribution in [3.63, 3.8) is 0 Å². The monoisotopic (exact) mass is 312 g/mol. The molecule has 6 heteroatoms. The molecule has 4 nitrogen and oxygen atoms in total. The smallest absolute Gasteiger partial charge is 0.245 e. The van der Waals surface area contributed by atoms with Crippen LogP contribution in [0.15, 0.2) is 23.1 Å². The Morgan fingerprint density at radius 1 is 1.38 bits per heavy atom. The van der Waals surface area contributed by atoms with E-state index in [1.54, 1.807) is 6.92 Å². The first kappa shape index (κ1) is 17.6. The molecule has 0 fully saturated rings. The van der Waals surface area contributed by atoms with Crippen LogP contribution < -0.4 is 5.73 Å². The van der Waals surface area contributed by atoms with Crippen LogP contribution >= 0.6 is 0 Å². The molecular formula is C15H21FN2O2S. The lowest BCUT2D eigenvalue weighted by Crippen LogP contribution is -2.34. The number of benzene rings is 1. The van der Waals surface area contributed by atoms with Crippen LogP contribution in [0.3, 0.4) is 0 Å². The van der Waals surface area contributed by atoms with E-state index in [-0.39, 0.29) is 17.4 Å². The average molecular weight is 312 g/mol. The number of nitrogens with zero attached hydrogens (tertiary/aromatic N) is 1. The third-order valence-electron chi connectivity index (χ3n) is 2.81. The van der Waals surface area contributed by atoms with E-state index in [4.69, 9.17) is 5.73 Å². The molecular weight excluding hydrogens is 291 g/mol. The molecule has 1 aromatic rings. The molecule has 1 rings (SSSR count). The summed E-state index contributed by atoms with van der Waals surface area (Å²) in [5.74, 6) is 4.65. The van der Waals surface area contributed by atoms with Crippen LogP contribution in [0.5, 0.6) is 0 Å². The molecule has 21 heavy (non-hydrogen) atoms. The first-order chi connectivity index (χ1) is 9.82. The zero-order valence-corrected chi connectivity index (χ0v) is 13.4. The van der Waals surface area contributed by atoms with Gasteiger partial charge >= 0.3 is 0 Å². The van der Waals surface area contributed by atoms with Crippen molar-refractivity contribution in [3.8, 4) is 11.8 Å². The van der Waals surface area contributed by atoms with Gasteiger partial charge in [0, 0.05) is 18.7 Å². The van der Waals surface area contributed by atoms with Crippen LogP contribution in [0.25, 0.3) is 0 Å². The molecule has 0 saturated heterocycles. The van der Waals surface area contributed by atoms with Crippen LogP contribution in [0.1, 0.15) is 26.3 Å². The van der Waals surface area contributed by atoms with E-state index < -0.39 is 15.8 Å². The standard InChI is InChI=1S/C15H21FN2O2S/c1-4-18(11-12(2)3)21(19,20)15-8-7-13(6-5-9-17)10-14(15)16/h7-8,10,12H,4,9,11,17H2,1-3H3. The second-order valence-electron chi connectivity index (χ2n) is 5.00. The predicted octanol–water partition coefficient (Wildman–Crippen LogP) is 1.80. The van der Waals surface area contributed by atoms with Crippen LogP contribution in [-0.2, 0) is 10.0 Å². The fourth-order valence-electron chi connectivity index (χ4n) is 1.88. The minimum atomic E-state index is -3.83. The quantitative estimate of drug-likeness (QED) is 0.843. The fourth-order valence-corrected chi connectivity index (χ4v) is 3.54. The number of hydrogen-bond donors (Lipinski definition) is 1. The molecule has 0 aromatic heterocycles. The molecule has 0 spiro atoms. The summed E-state index contributed by atoms with van der Waals surface area (Å²) in [6.45, 7) is 6.39. The van der Waals surface area contributed by atoms with Crippen molar-refractivity contribution in [1.82, 2.24) is 4.31 Å². The lowest BCUT2D eigenvalue weighted by atomic mass is 10.2. The maximum Gasteiger partial charge on any atom is 0.245 e. The van der Waals surface area contributed by atoms with Crippen molar-refractivity contribution in [2.45, 2.75) is 25.7 Å². The second kappa shape index (κ2) is 7.55. The highest BCUT2D eigenvalue weighted by atomic mass is 32.2. The molecule has 0 aliphatic rings. The minimum absolute atomic E-state index is 0.164. The number of nitrogens with two attached hydrogens (primary N) is 1. The molecule has 0 unspecified atom stereocenters. The van der Waals surface area contributed by atoms with Crippen molar-refractivity contribution in [1.29, 1.82) is 0 Å². The van der Waals surface area contributed by atoms with E-state index in [2.05, 4.69) is 11.8 Å². The van der Waals surface area contributed by atoms with E-state index in [1.165, 1.54) is 16.4 Å². The summed E-state index contributed by atoms with van der Waals surface area (Å²) >= 11 is 0. The van der Waals surface area contributed by atoms with Crippen LogP contribution in [-0.4, -0.2) is 32.4 Å². The largest absolute Gasteiger partial charge is 0.320 e. The Bertz CT molecular complexity index is 645. The van der Waals surface area contributed by atoms with Crippen molar-refractivity contribution in [3.05, 3.63) is 29.6 Å². The van der Waals surface area contributed by atoms with E-state index in [0.717, 1.165) is 6.07 Å². The average Bonchev–Trinajstić information content (AvgIpc) is 2.41. The van der Waals surface area contributed by atoms with Gasteiger partial charge < -0.3 is 5.73 Å². The van der Waals surface area contributed by atoms with Crippen LogP contribution in [0.4, 0.5) is 4.39 Å². The maximum atomic E-state index is 14.1. The minimum Gasteiger partial charge on any atom is -0.320 e. The van der Waals surface area contributed by atoms with Crippen molar-refractivity contribution in [2.75, 3.05) is 19.6 Å². The number of sulfonamides is 1. The van der Waals surface area contributed by atoms with Gasteiger partial charge in [0.1, 0.15) is 10.7 Å². The first-order valence-electron chi connectivity index (χ1n) is 6.81. The number of halogens is 1. The molecule has 0 aliphatic carbocycles. The zero-order chi connectivity index (χ0) is 16.0. The highest BCUT2D eigenvalue weighted by molar-refractivity contribution is 7.89. The third kappa shape index (κ3) is 4.53. The van der Waals surface area contributed by atoms with Gasteiger partial charge in [0.2, 0.25) is 10.0 Å². The van der Waals surface area contributed by atoms with Crippen molar-refractivity contribution >= 4 is 10.0 Å². The number of rotatable bonds is 5. The lowest BCUT2D eigenvalue weighted by Gasteiger charge is -2.22. The molecule has 0 bridgehead atoms. The van der Waals surface area contributed by atoms with E-state index in [1.807, 2.05) is 13.8 Å². The van der Waals surface area contributed by atoms with Gasteiger partial charge in [-0.15, -0.1) is 0 Å². The molecule has 0 atom stereocenters. The summed E-state index contributed by atoms with van der Waals surface area (Å²) in [6.07, 6.45) is 0. The summed E-state index contributed by atoms with van der Waals surface area (Å²) in [5.41, 5.74) is 5.65. The summed E-state index contributed by atoms with van der Waals surface area (Å²) < 4.78 is 40.3. The molecule has 0 heterocycles. The Morgan fingerprint density at radius 3 is 2.52 bits per heavy atom. The predicted molar refractivity (Wildman–Crippen MR) is 81.6 cm³/mol. The summed E-state index contributed by atoms with van der Waals surface area (Å²) in [5, 5.41) is 0. The lowest BCUT2D eigenvalue weighted by molar-refractivity contribution is 0.378. The molecule has 0 amide bonds. The summed E-state index contributed by atoms with van der Waals surface area (Å²) in [7, 11) is -3.83.